The number of ether oxygens (including phenoxy) is 1. The molecule has 1 heterocycles. The molecule has 0 radical (unpaired) electrons. The summed E-state index contributed by atoms with van der Waals surface area (Å²) in [6, 6.07) is 12.3. The Hall–Kier alpha value is -3.19. The number of anilines is 1. The van der Waals surface area contributed by atoms with Gasteiger partial charge >= 0.3 is 11.8 Å². The first-order chi connectivity index (χ1) is 13.2. The van der Waals surface area contributed by atoms with Gasteiger partial charge in [0.25, 0.3) is 0 Å². The summed E-state index contributed by atoms with van der Waals surface area (Å²) in [5.41, 5.74) is 0.978. The van der Waals surface area contributed by atoms with E-state index < -0.39 is 16.6 Å². The van der Waals surface area contributed by atoms with Crippen LogP contribution in [0.2, 0.25) is 5.15 Å². The number of benzene rings is 2. The van der Waals surface area contributed by atoms with E-state index >= 15 is 0 Å². The van der Waals surface area contributed by atoms with Crippen molar-refractivity contribution in [3.05, 3.63) is 63.9 Å². The zero-order valence-corrected chi connectivity index (χ0v) is 16.3. The molecule has 7 nitrogen and oxygen atoms in total. The van der Waals surface area contributed by atoms with Gasteiger partial charge in [0.1, 0.15) is 5.60 Å². The van der Waals surface area contributed by atoms with E-state index in [4.69, 9.17) is 16.3 Å². The van der Waals surface area contributed by atoms with Crippen molar-refractivity contribution in [2.45, 2.75) is 26.4 Å². The Morgan fingerprint density at radius 3 is 2.50 bits per heavy atom. The fourth-order valence-corrected chi connectivity index (χ4v) is 2.96. The maximum absolute atomic E-state index is 12.2. The van der Waals surface area contributed by atoms with Crippen LogP contribution >= 0.6 is 11.6 Å². The molecule has 8 heteroatoms. The quantitative estimate of drug-likeness (QED) is 0.340. The van der Waals surface area contributed by atoms with E-state index in [1.54, 1.807) is 32.9 Å². The van der Waals surface area contributed by atoms with Crippen LogP contribution in [0.4, 0.5) is 16.2 Å². The van der Waals surface area contributed by atoms with Crippen LogP contribution in [-0.4, -0.2) is 21.6 Å². The lowest BCUT2D eigenvalue weighted by Crippen LogP contribution is -2.27. The topological polar surface area (TPSA) is 94.4 Å². The Kier molecular flexibility index (Phi) is 5.20. The molecule has 1 N–H and O–H groups in total. The van der Waals surface area contributed by atoms with E-state index in [9.17, 15) is 14.9 Å². The van der Waals surface area contributed by atoms with Crippen LogP contribution in [0.1, 0.15) is 20.8 Å². The van der Waals surface area contributed by atoms with Gasteiger partial charge in [-0.25, -0.2) is 9.78 Å². The monoisotopic (exact) mass is 399 g/mol. The Labute approximate surface area is 166 Å². The number of fused-ring (bicyclic) bond motifs is 1. The van der Waals surface area contributed by atoms with Gasteiger partial charge in [0.2, 0.25) is 5.15 Å². The third kappa shape index (κ3) is 4.20. The van der Waals surface area contributed by atoms with Crippen molar-refractivity contribution in [2.24, 2.45) is 0 Å². The largest absolute Gasteiger partial charge is 0.444 e. The first-order valence-electron chi connectivity index (χ1n) is 8.48. The number of carbonyl (C=O) groups excluding carboxylic acids is 1. The van der Waals surface area contributed by atoms with Crippen molar-refractivity contribution in [1.82, 2.24) is 4.98 Å². The lowest BCUT2D eigenvalue weighted by Gasteiger charge is -2.20. The number of nitrogens with zero attached hydrogens (tertiary/aromatic N) is 2. The van der Waals surface area contributed by atoms with Crippen molar-refractivity contribution < 1.29 is 14.5 Å². The van der Waals surface area contributed by atoms with Crippen LogP contribution in [0.3, 0.4) is 0 Å². The Balaban J connectivity index is 2.07. The van der Waals surface area contributed by atoms with Gasteiger partial charge in [-0.1, -0.05) is 41.9 Å². The highest BCUT2D eigenvalue weighted by atomic mass is 35.5. The molecule has 0 aliphatic heterocycles. The molecule has 0 atom stereocenters. The SMILES string of the molecule is CC(C)(C)OC(=O)Nc1ccc(-c2cnc(Cl)c([N+](=O)[O-])c2)c2ccccc12. The van der Waals surface area contributed by atoms with Crippen molar-refractivity contribution in [3.8, 4) is 11.1 Å². The molecule has 0 unspecified atom stereocenters. The number of aromatic nitrogens is 1. The summed E-state index contributed by atoms with van der Waals surface area (Å²) in [4.78, 5) is 26.7. The van der Waals surface area contributed by atoms with Gasteiger partial charge in [0.15, 0.2) is 0 Å². The normalized spacial score (nSPS) is 11.3. The van der Waals surface area contributed by atoms with E-state index in [0.717, 1.165) is 16.3 Å². The van der Waals surface area contributed by atoms with Crippen molar-refractivity contribution in [2.75, 3.05) is 5.32 Å². The Morgan fingerprint density at radius 1 is 1.18 bits per heavy atom. The van der Waals surface area contributed by atoms with Crippen LogP contribution in [0.25, 0.3) is 21.9 Å². The summed E-state index contributed by atoms with van der Waals surface area (Å²) < 4.78 is 5.31. The highest BCUT2D eigenvalue weighted by molar-refractivity contribution is 6.31. The third-order valence-electron chi connectivity index (χ3n) is 3.89. The van der Waals surface area contributed by atoms with Crippen molar-refractivity contribution in [3.63, 3.8) is 0 Å². The van der Waals surface area contributed by atoms with Gasteiger partial charge in [-0.2, -0.15) is 0 Å². The summed E-state index contributed by atoms with van der Waals surface area (Å²) in [5.74, 6) is 0. The lowest BCUT2D eigenvalue weighted by atomic mass is 9.98. The van der Waals surface area contributed by atoms with E-state index in [0.29, 0.717) is 11.3 Å². The second-order valence-corrected chi connectivity index (χ2v) is 7.48. The molecule has 0 saturated heterocycles. The van der Waals surface area contributed by atoms with Gasteiger partial charge in [-0.05, 0) is 37.8 Å². The number of pyridine rings is 1. The maximum Gasteiger partial charge on any atom is 0.412 e. The zero-order valence-electron chi connectivity index (χ0n) is 15.5. The molecule has 1 amide bonds. The fourth-order valence-electron chi connectivity index (χ4n) is 2.79. The minimum atomic E-state index is -0.617. The number of halogens is 1. The van der Waals surface area contributed by atoms with Gasteiger partial charge in [-0.3, -0.25) is 15.4 Å². The zero-order chi connectivity index (χ0) is 20.5. The molecule has 28 heavy (non-hydrogen) atoms. The molecule has 0 aliphatic rings. The number of amides is 1. The number of nitrogens with one attached hydrogen (secondary N) is 1. The first-order valence-corrected chi connectivity index (χ1v) is 8.85. The molecule has 2 aromatic carbocycles. The summed E-state index contributed by atoms with van der Waals surface area (Å²) >= 11 is 5.82. The summed E-state index contributed by atoms with van der Waals surface area (Å²) in [6.07, 6.45) is 0.923. The van der Waals surface area contributed by atoms with Crippen LogP contribution in [-0.2, 0) is 4.74 Å². The summed E-state index contributed by atoms with van der Waals surface area (Å²) in [7, 11) is 0. The minimum absolute atomic E-state index is 0.165. The highest BCUT2D eigenvalue weighted by Gasteiger charge is 2.19. The average Bonchev–Trinajstić information content (AvgIpc) is 2.61. The molecule has 0 spiro atoms. The summed E-state index contributed by atoms with van der Waals surface area (Å²) in [5, 5.41) is 15.3. The maximum atomic E-state index is 12.2. The fraction of sp³-hybridized carbons (Fsp3) is 0.200. The van der Waals surface area contributed by atoms with Crippen LogP contribution < -0.4 is 5.32 Å². The molecular weight excluding hydrogens is 382 g/mol. The van der Waals surface area contributed by atoms with Gasteiger partial charge < -0.3 is 4.74 Å². The second kappa shape index (κ2) is 7.44. The highest BCUT2D eigenvalue weighted by Crippen LogP contribution is 2.35. The van der Waals surface area contributed by atoms with E-state index in [-0.39, 0.29) is 10.8 Å². The molecular formula is C20H18ClN3O4. The van der Waals surface area contributed by atoms with Crippen LogP contribution in [0, 0.1) is 10.1 Å². The van der Waals surface area contributed by atoms with Crippen molar-refractivity contribution in [1.29, 1.82) is 0 Å². The van der Waals surface area contributed by atoms with Crippen LogP contribution in [0.5, 0.6) is 0 Å². The predicted molar refractivity (Wildman–Crippen MR) is 109 cm³/mol. The van der Waals surface area contributed by atoms with Gasteiger partial charge in [0, 0.05) is 23.2 Å². The summed E-state index contributed by atoms with van der Waals surface area (Å²) in [6.45, 7) is 5.36. The minimum Gasteiger partial charge on any atom is -0.444 e. The molecule has 1 aromatic heterocycles. The Morgan fingerprint density at radius 2 is 1.86 bits per heavy atom. The smallest absolute Gasteiger partial charge is 0.412 e. The molecule has 3 aromatic rings. The van der Waals surface area contributed by atoms with E-state index in [2.05, 4.69) is 10.3 Å². The molecule has 0 saturated carbocycles. The number of hydrogen-bond acceptors (Lipinski definition) is 5. The number of hydrogen-bond donors (Lipinski definition) is 1. The lowest BCUT2D eigenvalue weighted by molar-refractivity contribution is -0.385. The number of nitro groups is 1. The molecule has 0 aliphatic carbocycles. The average molecular weight is 400 g/mol. The third-order valence-corrected chi connectivity index (χ3v) is 4.18. The first kappa shape index (κ1) is 19.6. The molecule has 3 rings (SSSR count). The van der Waals surface area contributed by atoms with Gasteiger partial charge in [-0.15, -0.1) is 0 Å². The predicted octanol–water partition coefficient (Wildman–Crippen LogP) is 5.81. The molecule has 0 bridgehead atoms. The number of carbonyl (C=O) groups is 1. The molecule has 0 fully saturated rings. The standard InChI is InChI=1S/C20H18ClN3O4/c1-20(2,3)28-19(25)23-16-9-8-13(14-6-4-5-7-15(14)16)12-10-17(24(26)27)18(21)22-11-12/h4-11H,1-3H3,(H,23,25). The molecule has 144 valence electrons. The second-order valence-electron chi connectivity index (χ2n) is 7.12. The van der Waals surface area contributed by atoms with Crippen molar-refractivity contribution >= 4 is 39.8 Å². The van der Waals surface area contributed by atoms with E-state index in [1.807, 2.05) is 24.3 Å². The van der Waals surface area contributed by atoms with E-state index in [1.165, 1.54) is 12.3 Å². The van der Waals surface area contributed by atoms with Crippen LogP contribution in [0.15, 0.2) is 48.7 Å². The number of rotatable bonds is 3. The Bertz CT molecular complexity index is 1080. The van der Waals surface area contributed by atoms with Gasteiger partial charge in [0.05, 0.1) is 10.6 Å².